The van der Waals surface area contributed by atoms with Gasteiger partial charge in [0.15, 0.2) is 5.43 Å². The van der Waals surface area contributed by atoms with Gasteiger partial charge in [-0.05, 0) is 60.5 Å². The smallest absolute Gasteiger partial charge is 0.295 e. The van der Waals surface area contributed by atoms with Crippen LogP contribution in [-0.4, -0.2) is 12.5 Å². The van der Waals surface area contributed by atoms with Gasteiger partial charge in [-0.3, -0.25) is 14.5 Å². The van der Waals surface area contributed by atoms with Crippen LogP contribution in [0.1, 0.15) is 47.5 Å². The Labute approximate surface area is 203 Å². The van der Waals surface area contributed by atoms with Crippen LogP contribution in [0.25, 0.3) is 11.0 Å². The minimum atomic E-state index is -0.731. The fraction of sp³-hybridized carbons (Fsp3) is 0.185. The molecule has 5 nitrogen and oxygen atoms in total. The number of halogens is 2. The summed E-state index contributed by atoms with van der Waals surface area (Å²) in [5, 5.41) is 0.104. The number of fused-ring (bicyclic) bond motifs is 2. The molecule has 5 rings (SSSR count). The average Bonchev–Trinajstić information content (AvgIpc) is 3.13. The van der Waals surface area contributed by atoms with E-state index in [-0.39, 0.29) is 22.3 Å². The summed E-state index contributed by atoms with van der Waals surface area (Å²) in [7, 11) is 0. The molecule has 0 fully saturated rings. The van der Waals surface area contributed by atoms with Crippen LogP contribution < -0.4 is 15.1 Å². The van der Waals surface area contributed by atoms with Crippen LogP contribution in [0.2, 0.25) is 0 Å². The zero-order valence-corrected chi connectivity index (χ0v) is 20.0. The minimum Gasteiger partial charge on any atom is -0.494 e. The number of amides is 1. The number of ether oxygens (including phenoxy) is 1. The Kier molecular flexibility index (Phi) is 5.96. The first-order valence-corrected chi connectivity index (χ1v) is 11.9. The predicted octanol–water partition coefficient (Wildman–Crippen LogP) is 6.62. The van der Waals surface area contributed by atoms with Crippen molar-refractivity contribution in [3.8, 4) is 5.75 Å². The van der Waals surface area contributed by atoms with Gasteiger partial charge in [-0.2, -0.15) is 0 Å². The Hall–Kier alpha value is -3.45. The Morgan fingerprint density at radius 2 is 1.85 bits per heavy atom. The van der Waals surface area contributed by atoms with E-state index < -0.39 is 23.2 Å². The van der Waals surface area contributed by atoms with Crippen LogP contribution in [0.5, 0.6) is 5.75 Å². The number of carbonyl (C=O) groups excluding carboxylic acids is 1. The van der Waals surface area contributed by atoms with Crippen LogP contribution in [0.15, 0.2) is 80.4 Å². The standard InChI is InChI=1S/C27H21BrFNO4/c1-2-3-13-33-20-10-7-16(8-11-20)24-23-25(31)21-15-18(29)9-12-22(21)34-26(23)27(32)30(24)19-6-4-5-17(28)14-19/h4-12,14-15,24H,2-3,13H2,1H3. The first kappa shape index (κ1) is 22.3. The summed E-state index contributed by atoms with van der Waals surface area (Å²) in [6.45, 7) is 2.71. The molecule has 1 amide bonds. The summed E-state index contributed by atoms with van der Waals surface area (Å²) >= 11 is 3.46. The van der Waals surface area contributed by atoms with Crippen LogP contribution in [0.3, 0.4) is 0 Å². The monoisotopic (exact) mass is 521 g/mol. The van der Waals surface area contributed by atoms with E-state index in [4.69, 9.17) is 9.15 Å². The van der Waals surface area contributed by atoms with Crippen molar-refractivity contribution in [2.24, 2.45) is 0 Å². The SMILES string of the molecule is CCCCOc1ccc(C2c3c(oc4ccc(F)cc4c3=O)C(=O)N2c2cccc(Br)c2)cc1. The molecule has 1 aliphatic heterocycles. The molecule has 0 aliphatic carbocycles. The lowest BCUT2D eigenvalue weighted by Crippen LogP contribution is -2.29. The highest BCUT2D eigenvalue weighted by molar-refractivity contribution is 9.10. The van der Waals surface area contributed by atoms with Crippen molar-refractivity contribution in [1.29, 1.82) is 0 Å². The molecular weight excluding hydrogens is 501 g/mol. The fourth-order valence-corrected chi connectivity index (χ4v) is 4.62. The van der Waals surface area contributed by atoms with Gasteiger partial charge in [-0.1, -0.05) is 47.5 Å². The lowest BCUT2D eigenvalue weighted by molar-refractivity contribution is 0.0971. The molecule has 0 saturated carbocycles. The molecule has 0 spiro atoms. The molecule has 3 aromatic carbocycles. The quantitative estimate of drug-likeness (QED) is 0.267. The number of hydrogen-bond donors (Lipinski definition) is 0. The fourth-order valence-electron chi connectivity index (χ4n) is 4.23. The molecule has 0 radical (unpaired) electrons. The summed E-state index contributed by atoms with van der Waals surface area (Å²) in [6.07, 6.45) is 1.98. The Bertz CT molecular complexity index is 1450. The third-order valence-corrected chi connectivity index (χ3v) is 6.37. The molecule has 1 atom stereocenters. The number of carbonyl (C=O) groups is 1. The van der Waals surface area contributed by atoms with Gasteiger partial charge in [0.2, 0.25) is 5.76 Å². The van der Waals surface area contributed by atoms with E-state index in [0.29, 0.717) is 18.0 Å². The van der Waals surface area contributed by atoms with Crippen molar-refractivity contribution in [1.82, 2.24) is 0 Å². The van der Waals surface area contributed by atoms with E-state index in [0.717, 1.165) is 28.9 Å². The Morgan fingerprint density at radius 1 is 1.06 bits per heavy atom. The van der Waals surface area contributed by atoms with Crippen molar-refractivity contribution in [2.75, 3.05) is 11.5 Å². The maximum absolute atomic E-state index is 13.9. The normalized spacial score (nSPS) is 15.1. The Balaban J connectivity index is 1.68. The third-order valence-electron chi connectivity index (χ3n) is 5.88. The van der Waals surface area contributed by atoms with Gasteiger partial charge in [0.05, 0.1) is 23.6 Å². The molecule has 7 heteroatoms. The van der Waals surface area contributed by atoms with Gasteiger partial charge < -0.3 is 9.15 Å². The largest absolute Gasteiger partial charge is 0.494 e. The van der Waals surface area contributed by atoms with Crippen LogP contribution in [0.4, 0.5) is 10.1 Å². The minimum absolute atomic E-state index is 0.0302. The van der Waals surface area contributed by atoms with E-state index in [1.165, 1.54) is 12.1 Å². The van der Waals surface area contributed by atoms with Crippen molar-refractivity contribution in [3.63, 3.8) is 0 Å². The molecule has 0 bridgehead atoms. The first-order chi connectivity index (χ1) is 16.5. The van der Waals surface area contributed by atoms with Crippen LogP contribution in [-0.2, 0) is 0 Å². The highest BCUT2D eigenvalue weighted by Crippen LogP contribution is 2.42. The van der Waals surface area contributed by atoms with E-state index >= 15 is 0 Å². The molecule has 0 saturated heterocycles. The number of anilines is 1. The van der Waals surface area contributed by atoms with Gasteiger partial charge in [-0.15, -0.1) is 0 Å². The number of unbranched alkanes of at least 4 members (excludes halogenated alkanes) is 1. The molecule has 34 heavy (non-hydrogen) atoms. The summed E-state index contributed by atoms with van der Waals surface area (Å²) in [5.41, 5.74) is 1.28. The lowest BCUT2D eigenvalue weighted by Gasteiger charge is -2.25. The number of nitrogens with zero attached hydrogens (tertiary/aromatic N) is 1. The topological polar surface area (TPSA) is 59.8 Å². The maximum Gasteiger partial charge on any atom is 0.295 e. The summed E-state index contributed by atoms with van der Waals surface area (Å²) in [6, 6.07) is 17.6. The zero-order chi connectivity index (χ0) is 23.8. The summed E-state index contributed by atoms with van der Waals surface area (Å²) in [4.78, 5) is 28.7. The predicted molar refractivity (Wildman–Crippen MR) is 132 cm³/mol. The molecule has 2 heterocycles. The second kappa shape index (κ2) is 9.06. The van der Waals surface area contributed by atoms with Gasteiger partial charge in [0, 0.05) is 10.2 Å². The zero-order valence-electron chi connectivity index (χ0n) is 18.4. The van der Waals surface area contributed by atoms with E-state index in [1.807, 2.05) is 42.5 Å². The molecule has 1 unspecified atom stereocenters. The summed E-state index contributed by atoms with van der Waals surface area (Å²) < 4.78 is 26.4. The van der Waals surface area contributed by atoms with Gasteiger partial charge in [-0.25, -0.2) is 4.39 Å². The van der Waals surface area contributed by atoms with Crippen molar-refractivity contribution >= 4 is 38.5 Å². The molecule has 1 aliphatic rings. The van der Waals surface area contributed by atoms with Gasteiger partial charge in [0.25, 0.3) is 5.91 Å². The van der Waals surface area contributed by atoms with Crippen LogP contribution >= 0.6 is 15.9 Å². The van der Waals surface area contributed by atoms with E-state index in [9.17, 15) is 14.0 Å². The lowest BCUT2D eigenvalue weighted by atomic mass is 9.98. The van der Waals surface area contributed by atoms with Crippen molar-refractivity contribution < 1.29 is 18.3 Å². The number of benzene rings is 3. The van der Waals surface area contributed by atoms with E-state index in [1.54, 1.807) is 11.0 Å². The first-order valence-electron chi connectivity index (χ1n) is 11.1. The van der Waals surface area contributed by atoms with Crippen LogP contribution in [0, 0.1) is 5.82 Å². The average molecular weight is 522 g/mol. The maximum atomic E-state index is 13.9. The highest BCUT2D eigenvalue weighted by atomic mass is 79.9. The van der Waals surface area contributed by atoms with E-state index in [2.05, 4.69) is 22.9 Å². The third kappa shape index (κ3) is 3.90. The highest BCUT2D eigenvalue weighted by Gasteiger charge is 2.43. The van der Waals surface area contributed by atoms with Gasteiger partial charge in [0.1, 0.15) is 17.1 Å². The molecule has 172 valence electrons. The molecule has 0 N–H and O–H groups in total. The summed E-state index contributed by atoms with van der Waals surface area (Å²) in [5.74, 6) is -0.288. The van der Waals surface area contributed by atoms with Gasteiger partial charge >= 0.3 is 0 Å². The Morgan fingerprint density at radius 3 is 2.59 bits per heavy atom. The molecular formula is C27H21BrFNO4. The molecule has 1 aromatic heterocycles. The van der Waals surface area contributed by atoms with Crippen molar-refractivity contribution in [3.05, 3.63) is 104 Å². The number of hydrogen-bond acceptors (Lipinski definition) is 4. The second-order valence-electron chi connectivity index (χ2n) is 8.14. The molecule has 4 aromatic rings. The number of rotatable bonds is 6. The second-order valence-corrected chi connectivity index (χ2v) is 9.06. The van der Waals surface area contributed by atoms with Crippen molar-refractivity contribution in [2.45, 2.75) is 25.8 Å².